The molecule has 0 unspecified atom stereocenters. The van der Waals surface area contributed by atoms with Gasteiger partial charge in [0.2, 0.25) is 5.91 Å². The van der Waals surface area contributed by atoms with Crippen LogP contribution in [0.5, 0.6) is 0 Å². The zero-order valence-corrected chi connectivity index (χ0v) is 10.3. The number of hydrogen-bond acceptors (Lipinski definition) is 3. The minimum absolute atomic E-state index is 0.00364. The highest BCUT2D eigenvalue weighted by atomic mass is 16.5. The van der Waals surface area contributed by atoms with E-state index in [1.54, 1.807) is 0 Å². The van der Waals surface area contributed by atoms with Crippen molar-refractivity contribution in [2.75, 3.05) is 26.3 Å². The second-order valence-corrected chi connectivity index (χ2v) is 4.38. The molecule has 0 aromatic heterocycles. The van der Waals surface area contributed by atoms with Crippen molar-refractivity contribution in [3.05, 3.63) is 0 Å². The topological polar surface area (TPSA) is 50.4 Å². The van der Waals surface area contributed by atoms with Gasteiger partial charge in [0.05, 0.1) is 13.2 Å². The van der Waals surface area contributed by atoms with Crippen LogP contribution in [0.25, 0.3) is 0 Å². The molecule has 4 heteroatoms. The number of rotatable bonds is 7. The number of ether oxygens (including phenoxy) is 1. The summed E-state index contributed by atoms with van der Waals surface area (Å²) in [4.78, 5) is 10.6. The molecule has 0 aromatic carbocycles. The SMILES string of the molecule is CC(=O)NCCOCCNC1CCCCC1. The van der Waals surface area contributed by atoms with Crippen LogP contribution in [-0.4, -0.2) is 38.3 Å². The van der Waals surface area contributed by atoms with E-state index < -0.39 is 0 Å². The maximum absolute atomic E-state index is 10.6. The van der Waals surface area contributed by atoms with Gasteiger partial charge in [-0.05, 0) is 12.8 Å². The lowest BCUT2D eigenvalue weighted by atomic mass is 9.96. The van der Waals surface area contributed by atoms with E-state index >= 15 is 0 Å². The van der Waals surface area contributed by atoms with Gasteiger partial charge in [-0.2, -0.15) is 0 Å². The van der Waals surface area contributed by atoms with Crippen LogP contribution in [0, 0.1) is 0 Å². The Bertz CT molecular complexity index is 191. The standard InChI is InChI=1S/C12H24N2O2/c1-11(15)13-7-9-16-10-8-14-12-5-3-2-4-6-12/h12,14H,2-10H2,1H3,(H,13,15). The number of carbonyl (C=O) groups excluding carboxylic acids is 1. The van der Waals surface area contributed by atoms with Gasteiger partial charge >= 0.3 is 0 Å². The predicted molar refractivity (Wildman–Crippen MR) is 64.4 cm³/mol. The number of amides is 1. The first-order valence-electron chi connectivity index (χ1n) is 6.34. The van der Waals surface area contributed by atoms with Gasteiger partial charge in [0.1, 0.15) is 0 Å². The summed E-state index contributed by atoms with van der Waals surface area (Å²) in [6, 6.07) is 0.702. The van der Waals surface area contributed by atoms with Crippen molar-refractivity contribution in [2.45, 2.75) is 45.1 Å². The van der Waals surface area contributed by atoms with Crippen LogP contribution in [0.2, 0.25) is 0 Å². The third kappa shape index (κ3) is 6.80. The van der Waals surface area contributed by atoms with Crippen LogP contribution in [0.1, 0.15) is 39.0 Å². The summed E-state index contributed by atoms with van der Waals surface area (Å²) in [5.74, 6) is 0.00364. The molecule has 0 spiro atoms. The van der Waals surface area contributed by atoms with Gasteiger partial charge in [-0.1, -0.05) is 19.3 Å². The number of hydrogen-bond donors (Lipinski definition) is 2. The van der Waals surface area contributed by atoms with E-state index in [0.717, 1.165) is 13.2 Å². The molecular weight excluding hydrogens is 204 g/mol. The monoisotopic (exact) mass is 228 g/mol. The van der Waals surface area contributed by atoms with E-state index in [1.165, 1.54) is 39.0 Å². The lowest BCUT2D eigenvalue weighted by molar-refractivity contribution is -0.119. The van der Waals surface area contributed by atoms with Crippen molar-refractivity contribution < 1.29 is 9.53 Å². The summed E-state index contributed by atoms with van der Waals surface area (Å²) in [6.07, 6.45) is 6.74. The fourth-order valence-corrected chi connectivity index (χ4v) is 2.04. The van der Waals surface area contributed by atoms with E-state index in [-0.39, 0.29) is 5.91 Å². The smallest absolute Gasteiger partial charge is 0.216 e. The molecule has 0 atom stereocenters. The van der Waals surface area contributed by atoms with Gasteiger partial charge in [0, 0.05) is 26.1 Å². The Morgan fingerprint density at radius 1 is 1.19 bits per heavy atom. The molecule has 16 heavy (non-hydrogen) atoms. The fraction of sp³-hybridized carbons (Fsp3) is 0.917. The molecule has 1 aliphatic carbocycles. The molecule has 2 N–H and O–H groups in total. The minimum atomic E-state index is 0.00364. The maximum Gasteiger partial charge on any atom is 0.216 e. The Balaban J connectivity index is 1.82. The summed E-state index contributed by atoms with van der Waals surface area (Å²) in [5, 5.41) is 6.21. The zero-order valence-electron chi connectivity index (χ0n) is 10.3. The zero-order chi connectivity index (χ0) is 11.6. The molecule has 0 radical (unpaired) electrons. The highest BCUT2D eigenvalue weighted by Crippen LogP contribution is 2.16. The van der Waals surface area contributed by atoms with E-state index in [9.17, 15) is 4.79 Å². The molecule has 0 saturated heterocycles. The molecular formula is C12H24N2O2. The van der Waals surface area contributed by atoms with E-state index in [2.05, 4.69) is 10.6 Å². The molecule has 1 fully saturated rings. The van der Waals surface area contributed by atoms with Crippen LogP contribution >= 0.6 is 0 Å². The van der Waals surface area contributed by atoms with Crippen LogP contribution in [0.15, 0.2) is 0 Å². The first-order chi connectivity index (χ1) is 7.79. The third-order valence-corrected chi connectivity index (χ3v) is 2.90. The highest BCUT2D eigenvalue weighted by molar-refractivity contribution is 5.72. The van der Waals surface area contributed by atoms with Gasteiger partial charge in [-0.25, -0.2) is 0 Å². The number of carbonyl (C=O) groups is 1. The molecule has 0 bridgehead atoms. The van der Waals surface area contributed by atoms with Crippen LogP contribution in [0.4, 0.5) is 0 Å². The Morgan fingerprint density at radius 3 is 2.56 bits per heavy atom. The Morgan fingerprint density at radius 2 is 1.88 bits per heavy atom. The molecule has 4 nitrogen and oxygen atoms in total. The molecule has 1 rings (SSSR count). The second kappa shape index (κ2) is 8.53. The van der Waals surface area contributed by atoms with Crippen molar-refractivity contribution in [3.63, 3.8) is 0 Å². The van der Waals surface area contributed by atoms with Gasteiger partial charge < -0.3 is 15.4 Å². The fourth-order valence-electron chi connectivity index (χ4n) is 2.04. The normalized spacial score (nSPS) is 17.3. The van der Waals surface area contributed by atoms with E-state index in [4.69, 9.17) is 4.74 Å². The minimum Gasteiger partial charge on any atom is -0.378 e. The first-order valence-corrected chi connectivity index (χ1v) is 6.34. The van der Waals surface area contributed by atoms with Crippen molar-refractivity contribution in [1.82, 2.24) is 10.6 Å². The van der Waals surface area contributed by atoms with Gasteiger partial charge in [-0.15, -0.1) is 0 Å². The van der Waals surface area contributed by atoms with Gasteiger partial charge in [0.15, 0.2) is 0 Å². The van der Waals surface area contributed by atoms with Crippen LogP contribution < -0.4 is 10.6 Å². The van der Waals surface area contributed by atoms with E-state index in [1.807, 2.05) is 0 Å². The molecule has 0 aromatic rings. The quantitative estimate of drug-likeness (QED) is 0.641. The molecule has 1 aliphatic rings. The predicted octanol–water partition coefficient (Wildman–Crippen LogP) is 1.06. The van der Waals surface area contributed by atoms with Crippen LogP contribution in [0.3, 0.4) is 0 Å². The van der Waals surface area contributed by atoms with Crippen molar-refractivity contribution in [2.24, 2.45) is 0 Å². The van der Waals surface area contributed by atoms with Crippen molar-refractivity contribution in [1.29, 1.82) is 0 Å². The Kier molecular flexibility index (Phi) is 7.17. The molecule has 0 heterocycles. The lowest BCUT2D eigenvalue weighted by Crippen LogP contribution is -2.34. The number of nitrogens with one attached hydrogen (secondary N) is 2. The summed E-state index contributed by atoms with van der Waals surface area (Å²) < 4.78 is 5.40. The van der Waals surface area contributed by atoms with Crippen molar-refractivity contribution in [3.8, 4) is 0 Å². The third-order valence-electron chi connectivity index (χ3n) is 2.90. The lowest BCUT2D eigenvalue weighted by Gasteiger charge is -2.22. The van der Waals surface area contributed by atoms with Crippen molar-refractivity contribution >= 4 is 5.91 Å². The summed E-state index contributed by atoms with van der Waals surface area (Å²) in [5.41, 5.74) is 0. The largest absolute Gasteiger partial charge is 0.378 e. The second-order valence-electron chi connectivity index (χ2n) is 4.38. The summed E-state index contributed by atoms with van der Waals surface area (Å²) in [6.45, 7) is 4.39. The Labute approximate surface area is 98.1 Å². The molecule has 94 valence electrons. The van der Waals surface area contributed by atoms with E-state index in [0.29, 0.717) is 19.2 Å². The Hall–Kier alpha value is -0.610. The van der Waals surface area contributed by atoms with Gasteiger partial charge in [-0.3, -0.25) is 4.79 Å². The summed E-state index contributed by atoms with van der Waals surface area (Å²) in [7, 11) is 0. The maximum atomic E-state index is 10.6. The molecule has 1 amide bonds. The van der Waals surface area contributed by atoms with Crippen LogP contribution in [-0.2, 0) is 9.53 Å². The average Bonchev–Trinajstić information content (AvgIpc) is 2.29. The first kappa shape index (κ1) is 13.5. The molecule has 1 saturated carbocycles. The highest BCUT2D eigenvalue weighted by Gasteiger charge is 2.11. The van der Waals surface area contributed by atoms with Gasteiger partial charge in [0.25, 0.3) is 0 Å². The summed E-state index contributed by atoms with van der Waals surface area (Å²) >= 11 is 0. The average molecular weight is 228 g/mol. The molecule has 0 aliphatic heterocycles.